The molecule has 6 nitrogen and oxygen atoms in total. The number of halogens is 1. The normalized spacial score (nSPS) is 22.7. The molecule has 7 heteroatoms. The number of hydrogen-bond acceptors (Lipinski definition) is 6. The molecule has 2 heterocycles. The van der Waals surface area contributed by atoms with E-state index >= 15 is 0 Å². The van der Waals surface area contributed by atoms with Gasteiger partial charge in [-0.15, -0.1) is 0 Å². The fourth-order valence-corrected chi connectivity index (χ4v) is 5.01. The highest BCUT2D eigenvalue weighted by Crippen LogP contribution is 2.44. The lowest BCUT2D eigenvalue weighted by molar-refractivity contribution is -0.00307. The molecule has 2 aromatic rings. The Hall–Kier alpha value is -1.73. The molecular formula is C24H33ClN4O2. The van der Waals surface area contributed by atoms with Gasteiger partial charge in [0.25, 0.3) is 0 Å². The summed E-state index contributed by atoms with van der Waals surface area (Å²) in [5.41, 5.74) is 3.14. The van der Waals surface area contributed by atoms with Crippen LogP contribution >= 0.6 is 11.6 Å². The molecule has 1 aromatic heterocycles. The molecule has 0 bridgehead atoms. The summed E-state index contributed by atoms with van der Waals surface area (Å²) in [5.74, 6) is 1.73. The molecule has 3 atom stereocenters. The molecule has 168 valence electrons. The van der Waals surface area contributed by atoms with Gasteiger partial charge in [0.15, 0.2) is 0 Å². The predicted octanol–water partition coefficient (Wildman–Crippen LogP) is 4.21. The molecule has 1 aliphatic heterocycles. The maximum atomic E-state index is 10.3. The van der Waals surface area contributed by atoms with E-state index in [9.17, 15) is 5.11 Å². The van der Waals surface area contributed by atoms with Gasteiger partial charge in [-0.3, -0.25) is 0 Å². The summed E-state index contributed by atoms with van der Waals surface area (Å²) in [7, 11) is 4.13. The number of ether oxygens (including phenoxy) is 1. The van der Waals surface area contributed by atoms with Crippen molar-refractivity contribution in [2.45, 2.75) is 44.3 Å². The second kappa shape index (κ2) is 9.82. The maximum Gasteiger partial charge on any atom is 0.135 e. The number of piperidine rings is 1. The summed E-state index contributed by atoms with van der Waals surface area (Å²) >= 11 is 6.12. The van der Waals surface area contributed by atoms with Crippen molar-refractivity contribution in [3.05, 3.63) is 52.4 Å². The van der Waals surface area contributed by atoms with Crippen LogP contribution in [0.5, 0.6) is 0 Å². The first-order valence-corrected chi connectivity index (χ1v) is 11.6. The molecule has 0 saturated carbocycles. The van der Waals surface area contributed by atoms with Gasteiger partial charge in [0, 0.05) is 30.2 Å². The Morgan fingerprint density at radius 3 is 2.58 bits per heavy atom. The van der Waals surface area contributed by atoms with E-state index in [2.05, 4.69) is 52.9 Å². The quantitative estimate of drug-likeness (QED) is 0.690. The van der Waals surface area contributed by atoms with E-state index in [0.29, 0.717) is 12.5 Å². The minimum absolute atomic E-state index is 0.0660. The zero-order valence-electron chi connectivity index (χ0n) is 18.7. The first kappa shape index (κ1) is 22.5. The van der Waals surface area contributed by atoms with Gasteiger partial charge in [0.2, 0.25) is 0 Å². The van der Waals surface area contributed by atoms with Crippen molar-refractivity contribution in [3.8, 4) is 0 Å². The molecule has 0 unspecified atom stereocenters. The van der Waals surface area contributed by atoms with E-state index in [1.807, 2.05) is 12.1 Å². The number of hydrogen-bond donors (Lipinski definition) is 1. The second-order valence-electron chi connectivity index (χ2n) is 9.12. The summed E-state index contributed by atoms with van der Waals surface area (Å²) in [6.07, 6.45) is 3.99. The van der Waals surface area contributed by atoms with Gasteiger partial charge in [-0.05, 0) is 62.9 Å². The van der Waals surface area contributed by atoms with Gasteiger partial charge in [-0.1, -0.05) is 30.7 Å². The van der Waals surface area contributed by atoms with Gasteiger partial charge in [0.05, 0.1) is 24.5 Å². The predicted molar refractivity (Wildman–Crippen MR) is 124 cm³/mol. The van der Waals surface area contributed by atoms with Crippen LogP contribution in [-0.4, -0.2) is 60.3 Å². The highest BCUT2D eigenvalue weighted by atomic mass is 35.5. The zero-order chi connectivity index (χ0) is 22.0. The first-order valence-electron chi connectivity index (χ1n) is 11.2. The summed E-state index contributed by atoms with van der Waals surface area (Å²) in [4.78, 5) is 13.5. The molecule has 1 saturated heterocycles. The maximum absolute atomic E-state index is 10.3. The van der Waals surface area contributed by atoms with Crippen LogP contribution in [0.4, 0.5) is 5.82 Å². The fourth-order valence-electron chi connectivity index (χ4n) is 4.89. The molecule has 4 rings (SSSR count). The number of anilines is 1. The monoisotopic (exact) mass is 444 g/mol. The highest BCUT2D eigenvalue weighted by molar-refractivity contribution is 6.30. The third-order valence-corrected chi connectivity index (χ3v) is 6.83. The third kappa shape index (κ3) is 5.03. The molecule has 1 aromatic carbocycles. The van der Waals surface area contributed by atoms with Crippen molar-refractivity contribution in [1.29, 1.82) is 0 Å². The Kier molecular flexibility index (Phi) is 7.12. The van der Waals surface area contributed by atoms with Crippen LogP contribution in [0.2, 0.25) is 5.02 Å². The van der Waals surface area contributed by atoms with Crippen molar-refractivity contribution in [3.63, 3.8) is 0 Å². The van der Waals surface area contributed by atoms with E-state index < -0.39 is 6.10 Å². The second-order valence-corrected chi connectivity index (χ2v) is 9.56. The standard InChI is InChI=1S/C24H33ClN4O2/c1-16-14-20(30)22-21(16)24(27-15-26-22)29-10-8-18(9-11-29)23(31-13-12-28(2)3)17-4-6-19(25)7-5-17/h4-7,15-16,18,20,23,30H,8-14H2,1-3H3/t16-,20-,23+/m1/s1. The lowest BCUT2D eigenvalue weighted by atomic mass is 9.87. The molecule has 0 amide bonds. The van der Waals surface area contributed by atoms with Crippen molar-refractivity contribution in [2.24, 2.45) is 5.92 Å². The average molecular weight is 445 g/mol. The van der Waals surface area contributed by atoms with Crippen molar-refractivity contribution in [1.82, 2.24) is 14.9 Å². The highest BCUT2D eigenvalue weighted by Gasteiger charge is 2.35. The topological polar surface area (TPSA) is 61.7 Å². The van der Waals surface area contributed by atoms with E-state index in [-0.39, 0.29) is 12.0 Å². The van der Waals surface area contributed by atoms with Crippen LogP contribution in [0, 0.1) is 5.92 Å². The lowest BCUT2D eigenvalue weighted by Crippen LogP contribution is -2.37. The number of fused-ring (bicyclic) bond motifs is 1. The van der Waals surface area contributed by atoms with Crippen LogP contribution in [0.1, 0.15) is 61.1 Å². The first-order chi connectivity index (χ1) is 14.9. The Labute approximate surface area is 190 Å². The number of rotatable bonds is 7. The van der Waals surface area contributed by atoms with Crippen LogP contribution in [0.25, 0.3) is 0 Å². The molecule has 2 aliphatic rings. The Morgan fingerprint density at radius 2 is 1.90 bits per heavy atom. The van der Waals surface area contributed by atoms with E-state index in [4.69, 9.17) is 16.3 Å². The van der Waals surface area contributed by atoms with Crippen LogP contribution < -0.4 is 4.90 Å². The van der Waals surface area contributed by atoms with Gasteiger partial charge in [-0.2, -0.15) is 0 Å². The lowest BCUT2D eigenvalue weighted by Gasteiger charge is -2.37. The van der Waals surface area contributed by atoms with E-state index in [1.54, 1.807) is 6.33 Å². The summed E-state index contributed by atoms with van der Waals surface area (Å²) < 4.78 is 6.40. The van der Waals surface area contributed by atoms with Crippen LogP contribution in [0.15, 0.2) is 30.6 Å². The Bertz CT molecular complexity index is 868. The van der Waals surface area contributed by atoms with E-state index in [1.165, 1.54) is 5.56 Å². The van der Waals surface area contributed by atoms with Crippen LogP contribution in [-0.2, 0) is 4.74 Å². The largest absolute Gasteiger partial charge is 0.387 e. The molecule has 1 aliphatic carbocycles. The molecule has 1 fully saturated rings. The SMILES string of the molecule is C[C@@H]1C[C@@H](O)c2ncnc(N3CCC([C@@H](OCCN(C)C)c4ccc(Cl)cc4)CC3)c21. The molecular weight excluding hydrogens is 412 g/mol. The summed E-state index contributed by atoms with van der Waals surface area (Å²) in [5, 5.41) is 11.1. The summed E-state index contributed by atoms with van der Waals surface area (Å²) in [6, 6.07) is 8.08. The molecule has 31 heavy (non-hydrogen) atoms. The number of aliphatic hydroxyl groups is 1. The molecule has 0 spiro atoms. The minimum atomic E-state index is -0.469. The number of benzene rings is 1. The molecule has 0 radical (unpaired) electrons. The number of aromatic nitrogens is 2. The van der Waals surface area contributed by atoms with Gasteiger partial charge in [-0.25, -0.2) is 9.97 Å². The fraction of sp³-hybridized carbons (Fsp3) is 0.583. The number of aliphatic hydroxyl groups excluding tert-OH is 1. The molecule has 1 N–H and O–H groups in total. The Morgan fingerprint density at radius 1 is 1.19 bits per heavy atom. The minimum Gasteiger partial charge on any atom is -0.387 e. The average Bonchev–Trinajstić information content (AvgIpc) is 3.06. The van der Waals surface area contributed by atoms with Gasteiger partial charge < -0.3 is 19.6 Å². The zero-order valence-corrected chi connectivity index (χ0v) is 19.4. The third-order valence-electron chi connectivity index (χ3n) is 6.58. The van der Waals surface area contributed by atoms with Gasteiger partial charge >= 0.3 is 0 Å². The van der Waals surface area contributed by atoms with Crippen molar-refractivity contribution < 1.29 is 9.84 Å². The smallest absolute Gasteiger partial charge is 0.135 e. The van der Waals surface area contributed by atoms with Crippen molar-refractivity contribution in [2.75, 3.05) is 45.2 Å². The Balaban J connectivity index is 1.47. The van der Waals surface area contributed by atoms with Crippen molar-refractivity contribution >= 4 is 17.4 Å². The number of nitrogens with zero attached hydrogens (tertiary/aromatic N) is 4. The number of likely N-dealkylation sites (N-methyl/N-ethyl adjacent to an activating group) is 1. The van der Waals surface area contributed by atoms with Crippen LogP contribution in [0.3, 0.4) is 0 Å². The van der Waals surface area contributed by atoms with Gasteiger partial charge in [0.1, 0.15) is 12.1 Å². The van der Waals surface area contributed by atoms with E-state index in [0.717, 1.165) is 61.0 Å². The summed E-state index contributed by atoms with van der Waals surface area (Å²) in [6.45, 7) is 5.62.